The van der Waals surface area contributed by atoms with Crippen LogP contribution in [0, 0.1) is 0 Å². The topological polar surface area (TPSA) is 102 Å². The standard InChI is InChI=1S/C8H17NO5/c10-3-8(4-11,5-12)9-6-1-14-2-7(6)13/h6-7,9-13H,1-5H2. The molecule has 1 heterocycles. The maximum atomic E-state index is 9.41. The summed E-state index contributed by atoms with van der Waals surface area (Å²) in [7, 11) is 0. The fourth-order valence-corrected chi connectivity index (χ4v) is 1.36. The number of ether oxygens (including phenoxy) is 1. The molecule has 2 unspecified atom stereocenters. The molecule has 1 rings (SSSR count). The van der Waals surface area contributed by atoms with E-state index >= 15 is 0 Å². The summed E-state index contributed by atoms with van der Waals surface area (Å²) >= 11 is 0. The second kappa shape index (κ2) is 5.01. The zero-order valence-corrected chi connectivity index (χ0v) is 7.89. The number of nitrogens with one attached hydrogen (secondary N) is 1. The van der Waals surface area contributed by atoms with E-state index in [2.05, 4.69) is 5.32 Å². The molecule has 0 bridgehead atoms. The monoisotopic (exact) mass is 207 g/mol. The second-order valence-corrected chi connectivity index (χ2v) is 3.61. The lowest BCUT2D eigenvalue weighted by molar-refractivity contribution is 0.0227. The molecule has 14 heavy (non-hydrogen) atoms. The summed E-state index contributed by atoms with van der Waals surface area (Å²) in [5.41, 5.74) is -1.15. The van der Waals surface area contributed by atoms with Crippen molar-refractivity contribution in [2.75, 3.05) is 33.0 Å². The molecular weight excluding hydrogens is 190 g/mol. The van der Waals surface area contributed by atoms with Crippen LogP contribution in [0.5, 0.6) is 0 Å². The first-order chi connectivity index (χ1) is 6.67. The molecule has 1 saturated heterocycles. The van der Waals surface area contributed by atoms with Gasteiger partial charge in [0.15, 0.2) is 0 Å². The summed E-state index contributed by atoms with van der Waals surface area (Å²) in [6, 6.07) is -0.360. The molecule has 5 N–H and O–H groups in total. The number of aliphatic hydroxyl groups excluding tert-OH is 4. The summed E-state index contributed by atoms with van der Waals surface area (Å²) in [6.07, 6.45) is -0.668. The average Bonchev–Trinajstić information content (AvgIpc) is 2.61. The van der Waals surface area contributed by atoms with E-state index in [0.29, 0.717) is 6.61 Å². The molecule has 0 spiro atoms. The van der Waals surface area contributed by atoms with Crippen molar-refractivity contribution >= 4 is 0 Å². The fourth-order valence-electron chi connectivity index (χ4n) is 1.36. The lowest BCUT2D eigenvalue weighted by Gasteiger charge is -2.32. The van der Waals surface area contributed by atoms with Gasteiger partial charge in [-0.2, -0.15) is 0 Å². The predicted octanol–water partition coefficient (Wildman–Crippen LogP) is -2.95. The van der Waals surface area contributed by atoms with Crippen molar-refractivity contribution in [2.24, 2.45) is 0 Å². The van der Waals surface area contributed by atoms with E-state index < -0.39 is 31.5 Å². The van der Waals surface area contributed by atoms with Gasteiger partial charge in [-0.25, -0.2) is 0 Å². The number of aliphatic hydroxyl groups is 4. The Hall–Kier alpha value is -0.240. The van der Waals surface area contributed by atoms with Crippen LogP contribution in [0.1, 0.15) is 0 Å². The molecule has 0 radical (unpaired) electrons. The molecule has 1 aliphatic heterocycles. The van der Waals surface area contributed by atoms with Crippen LogP contribution in [-0.2, 0) is 4.74 Å². The summed E-state index contributed by atoms with van der Waals surface area (Å²) in [5, 5.41) is 39.3. The summed E-state index contributed by atoms with van der Waals surface area (Å²) in [6.45, 7) is -0.658. The number of hydrogen-bond acceptors (Lipinski definition) is 6. The predicted molar refractivity (Wildman–Crippen MR) is 47.7 cm³/mol. The van der Waals surface area contributed by atoms with E-state index in [-0.39, 0.29) is 12.6 Å². The van der Waals surface area contributed by atoms with E-state index in [1.54, 1.807) is 0 Å². The van der Waals surface area contributed by atoms with Crippen molar-refractivity contribution in [3.63, 3.8) is 0 Å². The zero-order valence-electron chi connectivity index (χ0n) is 7.89. The maximum absolute atomic E-state index is 9.41. The van der Waals surface area contributed by atoms with Crippen molar-refractivity contribution < 1.29 is 25.2 Å². The highest BCUT2D eigenvalue weighted by Crippen LogP contribution is 2.11. The van der Waals surface area contributed by atoms with Crippen LogP contribution in [0.3, 0.4) is 0 Å². The average molecular weight is 207 g/mol. The van der Waals surface area contributed by atoms with E-state index in [0.717, 1.165) is 0 Å². The minimum atomic E-state index is -1.15. The molecule has 1 fully saturated rings. The molecule has 0 amide bonds. The van der Waals surface area contributed by atoms with E-state index in [4.69, 9.17) is 20.1 Å². The zero-order chi connectivity index (χ0) is 10.6. The van der Waals surface area contributed by atoms with Crippen molar-refractivity contribution in [3.8, 4) is 0 Å². The van der Waals surface area contributed by atoms with Gasteiger partial charge in [-0.05, 0) is 0 Å². The summed E-state index contributed by atoms with van der Waals surface area (Å²) < 4.78 is 4.99. The largest absolute Gasteiger partial charge is 0.394 e. The van der Waals surface area contributed by atoms with E-state index in [1.807, 2.05) is 0 Å². The maximum Gasteiger partial charge on any atom is 0.0948 e. The Morgan fingerprint density at radius 3 is 2.07 bits per heavy atom. The lowest BCUT2D eigenvalue weighted by Crippen LogP contribution is -2.60. The first kappa shape index (κ1) is 11.8. The molecule has 0 saturated carbocycles. The number of hydrogen-bond donors (Lipinski definition) is 5. The Balaban J connectivity index is 2.54. The number of rotatable bonds is 5. The molecule has 84 valence electrons. The van der Waals surface area contributed by atoms with Crippen LogP contribution in [0.25, 0.3) is 0 Å². The van der Waals surface area contributed by atoms with Crippen molar-refractivity contribution in [1.29, 1.82) is 0 Å². The summed E-state index contributed by atoms with van der Waals surface area (Å²) in [4.78, 5) is 0. The van der Waals surface area contributed by atoms with E-state index in [9.17, 15) is 5.11 Å². The molecule has 2 atom stereocenters. The van der Waals surface area contributed by atoms with Crippen LogP contribution in [0.2, 0.25) is 0 Å². The lowest BCUT2D eigenvalue weighted by atomic mass is 10.0. The van der Waals surface area contributed by atoms with Gasteiger partial charge < -0.3 is 25.2 Å². The third kappa shape index (κ3) is 2.41. The van der Waals surface area contributed by atoms with Gasteiger partial charge in [-0.15, -0.1) is 0 Å². The SMILES string of the molecule is OCC(CO)(CO)NC1COCC1O. The van der Waals surface area contributed by atoms with Gasteiger partial charge in [0, 0.05) is 0 Å². The van der Waals surface area contributed by atoms with Gasteiger partial charge >= 0.3 is 0 Å². The normalized spacial score (nSPS) is 28.3. The van der Waals surface area contributed by atoms with Crippen LogP contribution in [-0.4, -0.2) is 71.1 Å². The van der Waals surface area contributed by atoms with Crippen molar-refractivity contribution in [3.05, 3.63) is 0 Å². The van der Waals surface area contributed by atoms with Gasteiger partial charge in [-0.3, -0.25) is 5.32 Å². The van der Waals surface area contributed by atoms with Crippen molar-refractivity contribution in [1.82, 2.24) is 5.32 Å². The highest BCUT2D eigenvalue weighted by Gasteiger charge is 2.35. The van der Waals surface area contributed by atoms with Crippen LogP contribution in [0.15, 0.2) is 0 Å². The van der Waals surface area contributed by atoms with Gasteiger partial charge in [0.05, 0.1) is 50.7 Å². The molecule has 0 aromatic carbocycles. The Bertz CT molecular complexity index is 165. The van der Waals surface area contributed by atoms with Gasteiger partial charge in [-0.1, -0.05) is 0 Å². The Morgan fingerprint density at radius 2 is 1.71 bits per heavy atom. The molecule has 0 aromatic rings. The highest BCUT2D eigenvalue weighted by molar-refractivity contribution is 4.93. The van der Waals surface area contributed by atoms with Crippen molar-refractivity contribution in [2.45, 2.75) is 17.7 Å². The quantitative estimate of drug-likeness (QED) is 0.330. The molecular formula is C8H17NO5. The van der Waals surface area contributed by atoms with E-state index in [1.165, 1.54) is 0 Å². The van der Waals surface area contributed by atoms with Gasteiger partial charge in [0.1, 0.15) is 0 Å². The Labute approximate surface area is 82.1 Å². The van der Waals surface area contributed by atoms with Crippen LogP contribution >= 0.6 is 0 Å². The highest BCUT2D eigenvalue weighted by atomic mass is 16.5. The minimum Gasteiger partial charge on any atom is -0.394 e. The first-order valence-electron chi connectivity index (χ1n) is 4.53. The summed E-state index contributed by atoms with van der Waals surface area (Å²) in [5.74, 6) is 0. The Kier molecular flexibility index (Phi) is 4.24. The second-order valence-electron chi connectivity index (χ2n) is 3.61. The minimum absolute atomic E-state index is 0.232. The Morgan fingerprint density at radius 1 is 1.14 bits per heavy atom. The smallest absolute Gasteiger partial charge is 0.0948 e. The molecule has 6 nitrogen and oxygen atoms in total. The van der Waals surface area contributed by atoms with Gasteiger partial charge in [0.25, 0.3) is 0 Å². The molecule has 6 heteroatoms. The van der Waals surface area contributed by atoms with Crippen LogP contribution in [0.4, 0.5) is 0 Å². The molecule has 0 aliphatic carbocycles. The molecule has 0 aromatic heterocycles. The first-order valence-corrected chi connectivity index (χ1v) is 4.53. The van der Waals surface area contributed by atoms with Crippen LogP contribution < -0.4 is 5.32 Å². The third-order valence-electron chi connectivity index (χ3n) is 2.45. The third-order valence-corrected chi connectivity index (χ3v) is 2.45. The van der Waals surface area contributed by atoms with Gasteiger partial charge in [0.2, 0.25) is 0 Å². The fraction of sp³-hybridized carbons (Fsp3) is 1.00. The molecule has 1 aliphatic rings.